The van der Waals surface area contributed by atoms with E-state index in [1.54, 1.807) is 13.4 Å². The predicted molar refractivity (Wildman–Crippen MR) is 99.9 cm³/mol. The fourth-order valence-electron chi connectivity index (χ4n) is 1.86. The minimum atomic E-state index is 0. The van der Waals surface area contributed by atoms with Crippen LogP contribution in [0.15, 0.2) is 11.3 Å². The van der Waals surface area contributed by atoms with E-state index in [0.717, 1.165) is 63.8 Å². The summed E-state index contributed by atoms with van der Waals surface area (Å²) in [4.78, 5) is 4.51. The molecule has 1 aromatic heterocycles. The number of aromatic nitrogens is 3. The zero-order chi connectivity index (χ0) is 15.3. The van der Waals surface area contributed by atoms with E-state index >= 15 is 0 Å². The number of methoxy groups -OCH3 is 1. The van der Waals surface area contributed by atoms with Gasteiger partial charge in [-0.05, 0) is 12.8 Å². The normalized spacial score (nSPS) is 11.1. The molecule has 7 nitrogen and oxygen atoms in total. The molecule has 1 rings (SSSR count). The van der Waals surface area contributed by atoms with E-state index < -0.39 is 0 Å². The highest BCUT2D eigenvalue weighted by molar-refractivity contribution is 14.0. The Kier molecular flexibility index (Phi) is 13.2. The fourth-order valence-corrected chi connectivity index (χ4v) is 1.86. The zero-order valence-electron chi connectivity index (χ0n) is 13.8. The highest BCUT2D eigenvalue weighted by Gasteiger charge is 2.02. The molecule has 0 bridgehead atoms. The first-order chi connectivity index (χ1) is 10.3. The van der Waals surface area contributed by atoms with Crippen LogP contribution in [0.1, 0.15) is 32.5 Å². The summed E-state index contributed by atoms with van der Waals surface area (Å²) >= 11 is 0. The van der Waals surface area contributed by atoms with E-state index in [4.69, 9.17) is 4.74 Å². The third-order valence-electron chi connectivity index (χ3n) is 2.97. The van der Waals surface area contributed by atoms with Gasteiger partial charge in [-0.15, -0.1) is 34.2 Å². The monoisotopic (exact) mass is 424 g/mol. The second-order valence-corrected chi connectivity index (χ2v) is 4.72. The van der Waals surface area contributed by atoms with Gasteiger partial charge in [-0.25, -0.2) is 0 Å². The van der Waals surface area contributed by atoms with Gasteiger partial charge < -0.3 is 19.9 Å². The molecule has 1 aromatic rings. The van der Waals surface area contributed by atoms with Crippen LogP contribution < -0.4 is 10.6 Å². The van der Waals surface area contributed by atoms with Crippen molar-refractivity contribution in [3.63, 3.8) is 0 Å². The first-order valence-electron chi connectivity index (χ1n) is 7.69. The van der Waals surface area contributed by atoms with Gasteiger partial charge in [0.05, 0.1) is 0 Å². The van der Waals surface area contributed by atoms with Crippen molar-refractivity contribution < 1.29 is 4.74 Å². The van der Waals surface area contributed by atoms with Crippen LogP contribution in [0.5, 0.6) is 0 Å². The maximum absolute atomic E-state index is 5.04. The van der Waals surface area contributed by atoms with Crippen LogP contribution in [-0.4, -0.2) is 54.1 Å². The minimum absolute atomic E-state index is 0. The topological polar surface area (TPSA) is 76.4 Å². The molecule has 2 N–H and O–H groups in total. The number of hydrogen-bond acceptors (Lipinski definition) is 4. The number of aryl methyl sites for hydroxylation is 1. The third kappa shape index (κ3) is 8.52. The first-order valence-corrected chi connectivity index (χ1v) is 7.69. The Morgan fingerprint density at radius 2 is 2.09 bits per heavy atom. The van der Waals surface area contributed by atoms with Crippen molar-refractivity contribution in [1.82, 2.24) is 25.4 Å². The molecule has 0 aliphatic rings. The highest BCUT2D eigenvalue weighted by atomic mass is 127. The van der Waals surface area contributed by atoms with E-state index in [-0.39, 0.29) is 24.0 Å². The van der Waals surface area contributed by atoms with Crippen molar-refractivity contribution in [3.05, 3.63) is 12.2 Å². The minimum Gasteiger partial charge on any atom is -0.385 e. The molecule has 22 heavy (non-hydrogen) atoms. The number of ether oxygens (including phenoxy) is 1. The summed E-state index contributed by atoms with van der Waals surface area (Å²) in [6.45, 7) is 8.28. The largest absolute Gasteiger partial charge is 0.385 e. The number of rotatable bonds is 10. The number of nitrogens with one attached hydrogen (secondary N) is 2. The maximum atomic E-state index is 5.04. The summed E-state index contributed by atoms with van der Waals surface area (Å²) in [6.07, 6.45) is 4.67. The van der Waals surface area contributed by atoms with E-state index in [0.29, 0.717) is 0 Å². The van der Waals surface area contributed by atoms with Crippen LogP contribution in [0.25, 0.3) is 0 Å². The predicted octanol–water partition coefficient (Wildman–Crippen LogP) is 1.44. The molecular weight excluding hydrogens is 395 g/mol. The zero-order valence-corrected chi connectivity index (χ0v) is 16.2. The smallest absolute Gasteiger partial charge is 0.191 e. The summed E-state index contributed by atoms with van der Waals surface area (Å²) in [5.41, 5.74) is 0. The van der Waals surface area contributed by atoms with Crippen molar-refractivity contribution >= 4 is 29.9 Å². The van der Waals surface area contributed by atoms with Crippen LogP contribution >= 0.6 is 24.0 Å². The van der Waals surface area contributed by atoms with Crippen molar-refractivity contribution in [2.24, 2.45) is 4.99 Å². The molecule has 0 aliphatic heterocycles. The molecule has 0 radical (unpaired) electrons. The van der Waals surface area contributed by atoms with Gasteiger partial charge in [0.2, 0.25) is 0 Å². The Balaban J connectivity index is 0.00000441. The molecule has 0 aromatic carbocycles. The quantitative estimate of drug-likeness (QED) is 0.257. The summed E-state index contributed by atoms with van der Waals surface area (Å²) in [6, 6.07) is 0. The van der Waals surface area contributed by atoms with E-state index in [1.807, 2.05) is 0 Å². The van der Waals surface area contributed by atoms with Gasteiger partial charge in [-0.3, -0.25) is 4.99 Å². The summed E-state index contributed by atoms with van der Waals surface area (Å²) in [5.74, 6) is 1.87. The van der Waals surface area contributed by atoms with Gasteiger partial charge in [0.15, 0.2) is 5.96 Å². The van der Waals surface area contributed by atoms with Crippen molar-refractivity contribution in [2.75, 3.05) is 33.4 Å². The molecule has 0 amide bonds. The molecule has 0 atom stereocenters. The van der Waals surface area contributed by atoms with Crippen LogP contribution in [0.3, 0.4) is 0 Å². The van der Waals surface area contributed by atoms with Crippen LogP contribution in [0.4, 0.5) is 0 Å². The standard InChI is InChI=1S/C14H28N6O.HI/c1-4-7-15-14(16-8-6-11-21-3)17-9-10-20-12-18-19-13(20)5-2;/h12H,4-11H2,1-3H3,(H2,15,16,17);1H. The van der Waals surface area contributed by atoms with E-state index in [1.165, 1.54) is 0 Å². The van der Waals surface area contributed by atoms with Gasteiger partial charge in [-0.2, -0.15) is 0 Å². The number of nitrogens with zero attached hydrogens (tertiary/aromatic N) is 4. The SMILES string of the molecule is CCCN=C(NCCCOC)NCCn1cnnc1CC.I. The Morgan fingerprint density at radius 1 is 1.32 bits per heavy atom. The maximum Gasteiger partial charge on any atom is 0.191 e. The lowest BCUT2D eigenvalue weighted by atomic mass is 10.4. The Hall–Kier alpha value is -0.900. The average molecular weight is 424 g/mol. The molecule has 0 aliphatic carbocycles. The van der Waals surface area contributed by atoms with Gasteiger partial charge >= 0.3 is 0 Å². The van der Waals surface area contributed by atoms with Gasteiger partial charge in [0.1, 0.15) is 12.2 Å². The van der Waals surface area contributed by atoms with Gasteiger partial charge in [-0.1, -0.05) is 13.8 Å². The number of aliphatic imine (C=N–C) groups is 1. The Labute approximate surface area is 150 Å². The lowest BCUT2D eigenvalue weighted by Gasteiger charge is -2.13. The second kappa shape index (κ2) is 13.7. The number of halogens is 1. The summed E-state index contributed by atoms with van der Waals surface area (Å²) in [5, 5.41) is 14.7. The highest BCUT2D eigenvalue weighted by Crippen LogP contribution is 1.94. The van der Waals surface area contributed by atoms with Crippen LogP contribution in [-0.2, 0) is 17.7 Å². The van der Waals surface area contributed by atoms with Crippen LogP contribution in [0.2, 0.25) is 0 Å². The van der Waals surface area contributed by atoms with Gasteiger partial charge in [0.25, 0.3) is 0 Å². The van der Waals surface area contributed by atoms with Crippen molar-refractivity contribution in [2.45, 2.75) is 39.7 Å². The molecule has 1 heterocycles. The summed E-state index contributed by atoms with van der Waals surface area (Å²) < 4.78 is 7.11. The second-order valence-electron chi connectivity index (χ2n) is 4.72. The number of guanidine groups is 1. The van der Waals surface area contributed by atoms with Crippen molar-refractivity contribution in [1.29, 1.82) is 0 Å². The fraction of sp³-hybridized carbons (Fsp3) is 0.786. The molecule has 0 saturated carbocycles. The Morgan fingerprint density at radius 3 is 2.77 bits per heavy atom. The third-order valence-corrected chi connectivity index (χ3v) is 2.97. The first kappa shape index (κ1) is 21.1. The molecule has 0 fully saturated rings. The molecule has 0 spiro atoms. The van der Waals surface area contributed by atoms with Crippen LogP contribution in [0, 0.1) is 0 Å². The molecule has 0 unspecified atom stereocenters. The lowest BCUT2D eigenvalue weighted by Crippen LogP contribution is -2.39. The summed E-state index contributed by atoms with van der Waals surface area (Å²) in [7, 11) is 1.72. The number of hydrogen-bond donors (Lipinski definition) is 2. The average Bonchev–Trinajstić information content (AvgIpc) is 2.95. The van der Waals surface area contributed by atoms with Gasteiger partial charge in [0, 0.05) is 46.3 Å². The lowest BCUT2D eigenvalue weighted by molar-refractivity contribution is 0.195. The molecule has 128 valence electrons. The van der Waals surface area contributed by atoms with E-state index in [2.05, 4.69) is 44.2 Å². The molecule has 0 saturated heterocycles. The van der Waals surface area contributed by atoms with Crippen molar-refractivity contribution in [3.8, 4) is 0 Å². The molecule has 8 heteroatoms. The van der Waals surface area contributed by atoms with E-state index in [9.17, 15) is 0 Å². The Bertz CT molecular complexity index is 410. The molecular formula is C14H29IN6O.